The number of β-amino-alcohol motifs (C(OH)–C–C–N with tert-alkyl or cyclic N) is 1. The van der Waals surface area contributed by atoms with Crippen LogP contribution in [-0.4, -0.2) is 88.8 Å². The standard InChI is InChI=1S/C18H25F3N2O5/c19-18(20,21)28-15-4-2-1-3-12(15)22-6-5-11(7-22)8-23-9-14(25)17(27)16(26)13(23)10-24/h1-4,11,13-14,16-17,24-27H,5-10H2/t11-,13-,14-,16+,17+/m0/s1. The van der Waals surface area contributed by atoms with Crippen molar-refractivity contribution >= 4 is 5.69 Å². The number of likely N-dealkylation sites (tertiary alicyclic amines) is 1. The first-order chi connectivity index (χ1) is 13.2. The number of nitrogens with zero attached hydrogens (tertiary/aromatic N) is 2. The maximum Gasteiger partial charge on any atom is 0.573 e. The third-order valence-corrected chi connectivity index (χ3v) is 5.43. The van der Waals surface area contributed by atoms with Gasteiger partial charge in [0.2, 0.25) is 0 Å². The highest BCUT2D eigenvalue weighted by atomic mass is 19.4. The van der Waals surface area contributed by atoms with Crippen molar-refractivity contribution in [2.45, 2.75) is 37.1 Å². The van der Waals surface area contributed by atoms with Gasteiger partial charge >= 0.3 is 6.36 Å². The molecule has 0 aromatic heterocycles. The molecule has 7 nitrogen and oxygen atoms in total. The summed E-state index contributed by atoms with van der Waals surface area (Å²) in [5.74, 6) is -0.196. The molecular formula is C18H25F3N2O5. The zero-order valence-electron chi connectivity index (χ0n) is 15.2. The van der Waals surface area contributed by atoms with Gasteiger partial charge in [0.15, 0.2) is 5.75 Å². The average Bonchev–Trinajstić information content (AvgIpc) is 3.07. The number of rotatable bonds is 5. The van der Waals surface area contributed by atoms with E-state index in [1.165, 1.54) is 12.1 Å². The van der Waals surface area contributed by atoms with Crippen LogP contribution in [0.4, 0.5) is 18.9 Å². The predicted molar refractivity (Wildman–Crippen MR) is 93.9 cm³/mol. The monoisotopic (exact) mass is 406 g/mol. The summed E-state index contributed by atoms with van der Waals surface area (Å²) < 4.78 is 42.1. The lowest BCUT2D eigenvalue weighted by Crippen LogP contribution is -2.63. The number of alkyl halides is 3. The molecule has 3 rings (SSSR count). The van der Waals surface area contributed by atoms with Crippen LogP contribution in [0.25, 0.3) is 0 Å². The van der Waals surface area contributed by atoms with Crippen molar-refractivity contribution < 1.29 is 38.3 Å². The van der Waals surface area contributed by atoms with Gasteiger partial charge in [0.1, 0.15) is 12.2 Å². The first kappa shape index (κ1) is 21.1. The van der Waals surface area contributed by atoms with E-state index in [2.05, 4.69) is 4.74 Å². The lowest BCUT2D eigenvalue weighted by atomic mass is 9.93. The van der Waals surface area contributed by atoms with Gasteiger partial charge in [-0.2, -0.15) is 0 Å². The van der Waals surface area contributed by atoms with E-state index in [1.54, 1.807) is 17.0 Å². The van der Waals surface area contributed by atoms with E-state index >= 15 is 0 Å². The minimum atomic E-state index is -4.77. The van der Waals surface area contributed by atoms with Crippen LogP contribution in [-0.2, 0) is 0 Å². The van der Waals surface area contributed by atoms with Crippen molar-refractivity contribution in [2.75, 3.05) is 37.7 Å². The molecule has 158 valence electrons. The van der Waals surface area contributed by atoms with Crippen molar-refractivity contribution in [3.8, 4) is 5.75 Å². The first-order valence-electron chi connectivity index (χ1n) is 9.18. The van der Waals surface area contributed by atoms with E-state index in [0.717, 1.165) is 0 Å². The van der Waals surface area contributed by atoms with Crippen molar-refractivity contribution in [3.05, 3.63) is 24.3 Å². The highest BCUT2D eigenvalue weighted by Crippen LogP contribution is 2.36. The molecule has 0 bridgehead atoms. The molecule has 28 heavy (non-hydrogen) atoms. The molecule has 2 fully saturated rings. The largest absolute Gasteiger partial charge is 0.573 e. The number of halogens is 3. The molecule has 0 unspecified atom stereocenters. The van der Waals surface area contributed by atoms with Crippen LogP contribution < -0.4 is 9.64 Å². The Bertz CT molecular complexity index is 662. The molecular weight excluding hydrogens is 381 g/mol. The lowest BCUT2D eigenvalue weighted by molar-refractivity contribution is -0.274. The molecule has 0 aliphatic carbocycles. The van der Waals surface area contributed by atoms with Gasteiger partial charge in [-0.25, -0.2) is 0 Å². The molecule has 0 spiro atoms. The Morgan fingerprint density at radius 1 is 1.07 bits per heavy atom. The van der Waals surface area contributed by atoms with Crippen LogP contribution >= 0.6 is 0 Å². The van der Waals surface area contributed by atoms with Crippen molar-refractivity contribution in [1.82, 2.24) is 4.90 Å². The molecule has 2 aliphatic rings. The maximum absolute atomic E-state index is 12.6. The Kier molecular flexibility index (Phi) is 6.35. The summed E-state index contributed by atoms with van der Waals surface area (Å²) in [6, 6.07) is 5.27. The lowest BCUT2D eigenvalue weighted by Gasteiger charge is -2.44. The van der Waals surface area contributed by atoms with E-state index in [9.17, 15) is 33.6 Å². The summed E-state index contributed by atoms with van der Waals surface area (Å²) in [4.78, 5) is 3.54. The molecule has 2 aliphatic heterocycles. The third-order valence-electron chi connectivity index (χ3n) is 5.43. The second-order valence-electron chi connectivity index (χ2n) is 7.37. The van der Waals surface area contributed by atoms with Gasteiger partial charge < -0.3 is 30.1 Å². The molecule has 1 aromatic rings. The normalized spacial score (nSPS) is 32.0. The summed E-state index contributed by atoms with van der Waals surface area (Å²) >= 11 is 0. The summed E-state index contributed by atoms with van der Waals surface area (Å²) in [6.07, 6.45) is -7.79. The summed E-state index contributed by atoms with van der Waals surface area (Å²) in [5.41, 5.74) is 0.357. The number of piperidine rings is 1. The molecule has 0 radical (unpaired) electrons. The fraction of sp³-hybridized carbons (Fsp3) is 0.667. The second kappa shape index (κ2) is 8.42. The van der Waals surface area contributed by atoms with Gasteiger partial charge in [-0.15, -0.1) is 13.2 Å². The molecule has 1 aromatic carbocycles. The minimum absolute atomic E-state index is 0.0580. The molecule has 0 saturated carbocycles. The van der Waals surface area contributed by atoms with Crippen LogP contribution in [0.5, 0.6) is 5.75 Å². The molecule has 4 N–H and O–H groups in total. The van der Waals surface area contributed by atoms with Crippen molar-refractivity contribution in [3.63, 3.8) is 0 Å². The number of hydrogen-bond donors (Lipinski definition) is 4. The van der Waals surface area contributed by atoms with Crippen LogP contribution in [0.1, 0.15) is 6.42 Å². The molecule has 5 atom stereocenters. The Morgan fingerprint density at radius 2 is 1.79 bits per heavy atom. The summed E-state index contributed by atoms with van der Waals surface area (Å²) in [7, 11) is 0. The average molecular weight is 406 g/mol. The number of hydrogen-bond acceptors (Lipinski definition) is 7. The first-order valence-corrected chi connectivity index (χ1v) is 9.18. The maximum atomic E-state index is 12.6. The molecule has 0 amide bonds. The zero-order valence-corrected chi connectivity index (χ0v) is 15.2. The van der Waals surface area contributed by atoms with Gasteiger partial charge in [0.25, 0.3) is 0 Å². The fourth-order valence-electron chi connectivity index (χ4n) is 4.05. The SMILES string of the molecule is OC[C@H]1[C@@H](O)[C@H](O)[C@@H](O)CN1C[C@H]1CCN(c2ccccc2OC(F)(F)F)C1. The van der Waals surface area contributed by atoms with Crippen LogP contribution in [0.2, 0.25) is 0 Å². The van der Waals surface area contributed by atoms with Crippen LogP contribution in [0.3, 0.4) is 0 Å². The zero-order chi connectivity index (χ0) is 20.5. The van der Waals surface area contributed by atoms with Gasteiger partial charge in [-0.1, -0.05) is 12.1 Å². The minimum Gasteiger partial charge on any atom is -0.404 e. The Morgan fingerprint density at radius 3 is 2.46 bits per heavy atom. The van der Waals surface area contributed by atoms with E-state index < -0.39 is 30.7 Å². The smallest absolute Gasteiger partial charge is 0.404 e. The number of aliphatic hydroxyl groups excluding tert-OH is 4. The number of benzene rings is 1. The Balaban J connectivity index is 1.66. The number of anilines is 1. The Labute approximate surface area is 160 Å². The number of ether oxygens (including phenoxy) is 1. The summed E-state index contributed by atoms with van der Waals surface area (Å²) in [6.45, 7) is 1.18. The number of para-hydroxylation sites is 2. The quantitative estimate of drug-likeness (QED) is 0.554. The van der Waals surface area contributed by atoms with E-state index in [1.807, 2.05) is 4.90 Å². The van der Waals surface area contributed by atoms with Gasteiger partial charge in [0, 0.05) is 26.2 Å². The van der Waals surface area contributed by atoms with Gasteiger partial charge in [-0.3, -0.25) is 4.90 Å². The van der Waals surface area contributed by atoms with Crippen LogP contribution in [0.15, 0.2) is 24.3 Å². The molecule has 10 heteroatoms. The van der Waals surface area contributed by atoms with Crippen LogP contribution in [0, 0.1) is 5.92 Å². The summed E-state index contributed by atoms with van der Waals surface area (Å²) in [5, 5.41) is 39.3. The highest BCUT2D eigenvalue weighted by molar-refractivity contribution is 5.59. The fourth-order valence-corrected chi connectivity index (χ4v) is 4.05. The van der Waals surface area contributed by atoms with E-state index in [4.69, 9.17) is 0 Å². The second-order valence-corrected chi connectivity index (χ2v) is 7.37. The molecule has 2 heterocycles. The van der Waals surface area contributed by atoms with E-state index in [0.29, 0.717) is 31.7 Å². The highest BCUT2D eigenvalue weighted by Gasteiger charge is 2.42. The van der Waals surface area contributed by atoms with Crippen molar-refractivity contribution in [1.29, 1.82) is 0 Å². The number of aliphatic hydroxyl groups is 4. The van der Waals surface area contributed by atoms with Gasteiger partial charge in [0.05, 0.1) is 24.4 Å². The third kappa shape index (κ3) is 4.69. The van der Waals surface area contributed by atoms with E-state index in [-0.39, 0.29) is 24.8 Å². The topological polar surface area (TPSA) is 96.6 Å². The predicted octanol–water partition coefficient (Wildman–Crippen LogP) is 0.171. The van der Waals surface area contributed by atoms with Crippen molar-refractivity contribution in [2.24, 2.45) is 5.92 Å². The van der Waals surface area contributed by atoms with Gasteiger partial charge in [-0.05, 0) is 24.5 Å². The molecule has 2 saturated heterocycles. The Hall–Kier alpha value is -1.59.